The van der Waals surface area contributed by atoms with Gasteiger partial charge in [-0.25, -0.2) is 9.67 Å². The Morgan fingerprint density at radius 3 is 2.82 bits per heavy atom. The van der Waals surface area contributed by atoms with Crippen LogP contribution in [0.3, 0.4) is 0 Å². The zero-order chi connectivity index (χ0) is 23.2. The van der Waals surface area contributed by atoms with E-state index in [-0.39, 0.29) is 18.3 Å². The minimum absolute atomic E-state index is 0.133. The smallest absolute Gasteiger partial charge is 0.293 e. The number of nitrogens with zero attached hydrogens (tertiary/aromatic N) is 3. The topological polar surface area (TPSA) is 82.2 Å². The van der Waals surface area contributed by atoms with Gasteiger partial charge in [-0.15, -0.1) is 11.7 Å². The van der Waals surface area contributed by atoms with Crippen LogP contribution in [0, 0.1) is 0 Å². The highest BCUT2D eigenvalue weighted by molar-refractivity contribution is 6.42. The molecule has 0 saturated heterocycles. The molecule has 7 nitrogen and oxygen atoms in total. The summed E-state index contributed by atoms with van der Waals surface area (Å²) in [6.07, 6.45) is 4.03. The van der Waals surface area contributed by atoms with Gasteiger partial charge in [-0.05, 0) is 47.9 Å². The molecule has 0 fully saturated rings. The van der Waals surface area contributed by atoms with Crippen molar-refractivity contribution >= 4 is 35.1 Å². The predicted octanol–water partition coefficient (Wildman–Crippen LogP) is 5.79. The average Bonchev–Trinajstić information content (AvgIpc) is 3.46. The SMILES string of the molecule is C=CCc1ccccc1OCc1ccc(C(=O)Nc2ncn(Cc3ccc(Cl)c(Cl)c3)n2)o1. The number of benzene rings is 2. The van der Waals surface area contributed by atoms with Crippen LogP contribution in [0.4, 0.5) is 5.95 Å². The first-order chi connectivity index (χ1) is 16.0. The summed E-state index contributed by atoms with van der Waals surface area (Å²) < 4.78 is 13.0. The maximum atomic E-state index is 12.5. The highest BCUT2D eigenvalue weighted by Crippen LogP contribution is 2.23. The van der Waals surface area contributed by atoms with Gasteiger partial charge < -0.3 is 9.15 Å². The van der Waals surface area contributed by atoms with Gasteiger partial charge in [-0.2, -0.15) is 0 Å². The summed E-state index contributed by atoms with van der Waals surface area (Å²) in [6.45, 7) is 4.38. The molecule has 0 atom stereocenters. The Kier molecular flexibility index (Phi) is 7.12. The Hall–Kier alpha value is -3.55. The van der Waals surface area contributed by atoms with Crippen molar-refractivity contribution in [1.82, 2.24) is 14.8 Å². The van der Waals surface area contributed by atoms with E-state index in [9.17, 15) is 4.79 Å². The van der Waals surface area contributed by atoms with Gasteiger partial charge in [0, 0.05) is 0 Å². The lowest BCUT2D eigenvalue weighted by molar-refractivity contribution is 0.0991. The first kappa shape index (κ1) is 22.6. The molecule has 0 unspecified atom stereocenters. The van der Waals surface area contributed by atoms with Crippen LogP contribution in [0.5, 0.6) is 5.75 Å². The number of ether oxygens (including phenoxy) is 1. The van der Waals surface area contributed by atoms with Crippen LogP contribution in [0.1, 0.15) is 27.4 Å². The molecule has 0 aliphatic rings. The molecule has 33 heavy (non-hydrogen) atoms. The van der Waals surface area contributed by atoms with Crippen LogP contribution in [-0.2, 0) is 19.6 Å². The number of furan rings is 1. The molecule has 1 N–H and O–H groups in total. The largest absolute Gasteiger partial charge is 0.485 e. The number of halogens is 2. The van der Waals surface area contributed by atoms with Crippen molar-refractivity contribution in [2.45, 2.75) is 19.6 Å². The summed E-state index contributed by atoms with van der Waals surface area (Å²) in [6, 6.07) is 16.3. The number of nitrogens with one attached hydrogen (secondary N) is 1. The van der Waals surface area contributed by atoms with Gasteiger partial charge in [-0.3, -0.25) is 10.1 Å². The van der Waals surface area contributed by atoms with Crippen molar-refractivity contribution in [3.63, 3.8) is 0 Å². The van der Waals surface area contributed by atoms with Crippen molar-refractivity contribution in [2.24, 2.45) is 0 Å². The number of para-hydroxylation sites is 1. The number of anilines is 1. The van der Waals surface area contributed by atoms with E-state index in [1.54, 1.807) is 28.9 Å². The molecule has 0 aliphatic heterocycles. The summed E-state index contributed by atoms with van der Waals surface area (Å²) in [7, 11) is 0. The van der Waals surface area contributed by atoms with Crippen LogP contribution in [0.25, 0.3) is 0 Å². The van der Waals surface area contributed by atoms with Crippen molar-refractivity contribution in [3.8, 4) is 5.75 Å². The second kappa shape index (κ2) is 10.4. The van der Waals surface area contributed by atoms with Gasteiger partial charge >= 0.3 is 0 Å². The third kappa shape index (κ3) is 5.83. The van der Waals surface area contributed by atoms with Crippen molar-refractivity contribution < 1.29 is 13.9 Å². The number of rotatable bonds is 9. The van der Waals surface area contributed by atoms with E-state index in [0.29, 0.717) is 28.8 Å². The maximum Gasteiger partial charge on any atom is 0.293 e. The minimum Gasteiger partial charge on any atom is -0.485 e. The third-order valence-electron chi connectivity index (χ3n) is 4.68. The summed E-state index contributed by atoms with van der Waals surface area (Å²) in [5, 5.41) is 7.82. The van der Waals surface area contributed by atoms with E-state index in [1.807, 2.05) is 36.4 Å². The van der Waals surface area contributed by atoms with E-state index in [0.717, 1.165) is 16.9 Å². The van der Waals surface area contributed by atoms with Crippen LogP contribution in [-0.4, -0.2) is 20.7 Å². The number of carbonyl (C=O) groups is 1. The molecule has 9 heteroatoms. The maximum absolute atomic E-state index is 12.5. The Morgan fingerprint density at radius 1 is 1.15 bits per heavy atom. The van der Waals surface area contributed by atoms with Crippen molar-refractivity contribution in [1.29, 1.82) is 0 Å². The predicted molar refractivity (Wildman–Crippen MR) is 127 cm³/mol. The van der Waals surface area contributed by atoms with Gasteiger partial charge in [0.1, 0.15) is 24.4 Å². The number of hydrogen-bond acceptors (Lipinski definition) is 5. The highest BCUT2D eigenvalue weighted by Gasteiger charge is 2.14. The first-order valence-corrected chi connectivity index (χ1v) is 10.8. The summed E-state index contributed by atoms with van der Waals surface area (Å²) in [4.78, 5) is 16.6. The molecule has 168 valence electrons. The first-order valence-electron chi connectivity index (χ1n) is 10.1. The van der Waals surface area contributed by atoms with Gasteiger partial charge in [-0.1, -0.05) is 53.5 Å². The summed E-state index contributed by atoms with van der Waals surface area (Å²) >= 11 is 12.0. The molecule has 2 aromatic heterocycles. The average molecular weight is 483 g/mol. The van der Waals surface area contributed by atoms with Crippen LogP contribution >= 0.6 is 23.2 Å². The molecular weight excluding hydrogens is 463 g/mol. The fraction of sp³-hybridized carbons (Fsp3) is 0.125. The molecule has 0 saturated carbocycles. The number of allylic oxidation sites excluding steroid dienone is 1. The standard InChI is InChI=1S/C24H20Cl2N4O3/c1-2-5-17-6-3-4-7-21(17)32-14-18-9-11-22(33-18)23(31)28-24-27-15-30(29-24)13-16-8-10-19(25)20(26)12-16/h2-4,6-12,15H,1,5,13-14H2,(H,28,29,31). The number of hydrogen-bond donors (Lipinski definition) is 1. The van der Waals surface area contributed by atoms with Crippen LogP contribution in [0.2, 0.25) is 10.0 Å². The molecule has 0 bridgehead atoms. The molecule has 0 radical (unpaired) electrons. The fourth-order valence-electron chi connectivity index (χ4n) is 3.11. The van der Waals surface area contributed by atoms with Crippen LogP contribution < -0.4 is 10.1 Å². The summed E-state index contributed by atoms with van der Waals surface area (Å²) in [5.74, 6) is 1.10. The lowest BCUT2D eigenvalue weighted by Crippen LogP contribution is -2.12. The van der Waals surface area contributed by atoms with E-state index >= 15 is 0 Å². The van der Waals surface area contributed by atoms with Gasteiger partial charge in [0.15, 0.2) is 5.76 Å². The second-order valence-electron chi connectivity index (χ2n) is 7.12. The van der Waals surface area contributed by atoms with Gasteiger partial charge in [0.05, 0.1) is 16.6 Å². The number of carbonyl (C=O) groups excluding carboxylic acids is 1. The Morgan fingerprint density at radius 2 is 2.00 bits per heavy atom. The molecule has 0 spiro atoms. The number of aromatic nitrogens is 3. The third-order valence-corrected chi connectivity index (χ3v) is 5.42. The molecular formula is C24H20Cl2N4O3. The lowest BCUT2D eigenvalue weighted by atomic mass is 10.1. The van der Waals surface area contributed by atoms with Gasteiger partial charge in [0.25, 0.3) is 5.91 Å². The molecule has 2 aromatic carbocycles. The normalized spacial score (nSPS) is 10.7. The Labute approximate surface area is 200 Å². The molecule has 2 heterocycles. The van der Waals surface area contributed by atoms with Crippen LogP contribution in [0.15, 0.2) is 78.0 Å². The molecule has 4 aromatic rings. The minimum atomic E-state index is -0.458. The molecule has 0 aliphatic carbocycles. The van der Waals surface area contributed by atoms with Crippen molar-refractivity contribution in [3.05, 3.63) is 106 Å². The fourth-order valence-corrected chi connectivity index (χ4v) is 3.43. The highest BCUT2D eigenvalue weighted by atomic mass is 35.5. The van der Waals surface area contributed by atoms with E-state index in [2.05, 4.69) is 22.0 Å². The van der Waals surface area contributed by atoms with E-state index < -0.39 is 5.91 Å². The number of amides is 1. The monoisotopic (exact) mass is 482 g/mol. The Bertz CT molecular complexity index is 1280. The van der Waals surface area contributed by atoms with E-state index in [1.165, 1.54) is 6.33 Å². The van der Waals surface area contributed by atoms with Gasteiger partial charge in [0.2, 0.25) is 5.95 Å². The Balaban J connectivity index is 1.34. The lowest BCUT2D eigenvalue weighted by Gasteiger charge is -2.08. The second-order valence-corrected chi connectivity index (χ2v) is 7.94. The summed E-state index contributed by atoms with van der Waals surface area (Å²) in [5.41, 5.74) is 1.93. The van der Waals surface area contributed by atoms with Crippen molar-refractivity contribution in [2.75, 3.05) is 5.32 Å². The quantitative estimate of drug-likeness (QED) is 0.305. The zero-order valence-electron chi connectivity index (χ0n) is 17.5. The molecule has 4 rings (SSSR count). The zero-order valence-corrected chi connectivity index (χ0v) is 19.0. The van der Waals surface area contributed by atoms with E-state index in [4.69, 9.17) is 32.4 Å². The molecule has 1 amide bonds.